The van der Waals surface area contributed by atoms with Crippen molar-refractivity contribution < 1.29 is 13.2 Å². The Balaban J connectivity index is 1.29. The molecule has 0 bridgehead atoms. The number of fused-ring (bicyclic) bond motifs is 1. The zero-order chi connectivity index (χ0) is 19.7. The largest absolute Gasteiger partial charge is 0.353 e. The van der Waals surface area contributed by atoms with Crippen LogP contribution in [0.3, 0.4) is 0 Å². The molecule has 4 rings (SSSR count). The van der Waals surface area contributed by atoms with Gasteiger partial charge in [-0.15, -0.1) is 0 Å². The van der Waals surface area contributed by atoms with Crippen LogP contribution in [0.15, 0.2) is 29.3 Å². The average molecular weight is 422 g/mol. The number of benzene rings is 1. The van der Waals surface area contributed by atoms with Crippen LogP contribution in [0.5, 0.6) is 0 Å². The van der Waals surface area contributed by atoms with E-state index in [0.29, 0.717) is 18.4 Å². The number of aliphatic imine (C=N–C) groups is 1. The number of hydrogen-bond donors (Lipinski definition) is 2. The molecule has 1 aromatic rings. The molecule has 0 radical (unpaired) electrons. The number of nitrogens with one attached hydrogen (secondary N) is 2. The summed E-state index contributed by atoms with van der Waals surface area (Å²) in [7, 11) is -2.93. The molecule has 2 N–H and O–H groups in total. The summed E-state index contributed by atoms with van der Waals surface area (Å²) in [5, 5.41) is 7.28. The number of thioether (sulfide) groups is 1. The zero-order valence-corrected chi connectivity index (χ0v) is 17.7. The number of anilines is 1. The van der Waals surface area contributed by atoms with Gasteiger partial charge in [0.15, 0.2) is 15.0 Å². The van der Waals surface area contributed by atoms with Gasteiger partial charge in [0.1, 0.15) is 0 Å². The molecule has 1 saturated heterocycles. The quantitative estimate of drug-likeness (QED) is 0.780. The maximum Gasteiger partial charge on any atom is 0.224 e. The number of rotatable bonds is 4. The van der Waals surface area contributed by atoms with Crippen molar-refractivity contribution in [3.05, 3.63) is 29.8 Å². The highest BCUT2D eigenvalue weighted by Gasteiger charge is 2.42. The van der Waals surface area contributed by atoms with Gasteiger partial charge in [0.25, 0.3) is 0 Å². The molecular weight excluding hydrogens is 394 g/mol. The van der Waals surface area contributed by atoms with Crippen molar-refractivity contribution >= 4 is 38.4 Å². The van der Waals surface area contributed by atoms with Gasteiger partial charge in [0, 0.05) is 17.0 Å². The van der Waals surface area contributed by atoms with Crippen LogP contribution in [-0.4, -0.2) is 48.3 Å². The smallest absolute Gasteiger partial charge is 0.224 e. The summed E-state index contributed by atoms with van der Waals surface area (Å²) >= 11 is 1.51. The van der Waals surface area contributed by atoms with Crippen molar-refractivity contribution in [3.63, 3.8) is 0 Å². The molecule has 152 valence electrons. The third-order valence-corrected chi connectivity index (χ3v) is 8.99. The molecule has 2 heterocycles. The number of nitrogens with zero attached hydrogens (tertiary/aromatic N) is 1. The van der Waals surface area contributed by atoms with E-state index in [1.54, 1.807) is 0 Å². The normalized spacial score (nSPS) is 31.1. The standard InChI is InChI=1S/C20H27N3O3S2/c1-13-4-2-3-5-16(13)22-19(24)10-14-6-8-15(9-7-14)21-20-23-17-11-28(25,26)12-18(17)27-20/h6-9,13,16-18H,2-5,10-12H2,1H3,(H,21,23)(H,22,24)/t13-,16+,17-,18-/m1/s1. The maximum absolute atomic E-state index is 12.4. The van der Waals surface area contributed by atoms with E-state index >= 15 is 0 Å². The van der Waals surface area contributed by atoms with E-state index in [1.807, 2.05) is 24.3 Å². The Kier molecular flexibility index (Phi) is 5.69. The molecule has 3 aliphatic rings. The molecule has 2 fully saturated rings. The highest BCUT2D eigenvalue weighted by atomic mass is 32.2. The summed E-state index contributed by atoms with van der Waals surface area (Å²) in [4.78, 5) is 16.9. The Morgan fingerprint density at radius 3 is 2.64 bits per heavy atom. The second-order valence-corrected chi connectivity index (χ2v) is 11.6. The first-order valence-electron chi connectivity index (χ1n) is 9.98. The lowest BCUT2D eigenvalue weighted by molar-refractivity contribution is -0.121. The number of hydrogen-bond acceptors (Lipinski definition) is 6. The minimum absolute atomic E-state index is 0.0395. The Hall–Kier alpha value is -1.54. The van der Waals surface area contributed by atoms with Crippen LogP contribution in [0, 0.1) is 5.92 Å². The lowest BCUT2D eigenvalue weighted by Crippen LogP contribution is -2.41. The van der Waals surface area contributed by atoms with Crippen LogP contribution in [0.4, 0.5) is 5.69 Å². The van der Waals surface area contributed by atoms with Crippen molar-refractivity contribution in [1.29, 1.82) is 0 Å². The fourth-order valence-electron chi connectivity index (χ4n) is 4.22. The fraction of sp³-hybridized carbons (Fsp3) is 0.600. The second kappa shape index (κ2) is 8.06. The molecular formula is C20H27N3O3S2. The van der Waals surface area contributed by atoms with Crippen molar-refractivity contribution in [2.75, 3.05) is 16.8 Å². The highest BCUT2D eigenvalue weighted by Crippen LogP contribution is 2.34. The van der Waals surface area contributed by atoms with E-state index in [9.17, 15) is 13.2 Å². The number of sulfone groups is 1. The first-order chi connectivity index (χ1) is 13.4. The van der Waals surface area contributed by atoms with Gasteiger partial charge in [-0.25, -0.2) is 8.42 Å². The van der Waals surface area contributed by atoms with Crippen LogP contribution in [-0.2, 0) is 21.1 Å². The lowest BCUT2D eigenvalue weighted by atomic mass is 9.86. The summed E-state index contributed by atoms with van der Waals surface area (Å²) in [5.74, 6) is 1.02. The van der Waals surface area contributed by atoms with Crippen LogP contribution in [0.1, 0.15) is 38.2 Å². The average Bonchev–Trinajstić information content (AvgIpc) is 3.11. The Morgan fingerprint density at radius 2 is 1.93 bits per heavy atom. The summed E-state index contributed by atoms with van der Waals surface area (Å²) in [6.45, 7) is 2.22. The van der Waals surface area contributed by atoms with Crippen LogP contribution in [0.2, 0.25) is 0 Å². The molecule has 1 saturated carbocycles. The number of amidine groups is 1. The Morgan fingerprint density at radius 1 is 1.18 bits per heavy atom. The summed E-state index contributed by atoms with van der Waals surface area (Å²) < 4.78 is 23.3. The van der Waals surface area contributed by atoms with Gasteiger partial charge >= 0.3 is 0 Å². The fourth-order valence-corrected chi connectivity index (χ4v) is 7.90. The monoisotopic (exact) mass is 421 g/mol. The molecule has 0 unspecified atom stereocenters. The Bertz CT molecular complexity index is 867. The van der Waals surface area contributed by atoms with E-state index < -0.39 is 9.84 Å². The van der Waals surface area contributed by atoms with E-state index in [0.717, 1.165) is 22.8 Å². The van der Waals surface area contributed by atoms with Crippen LogP contribution < -0.4 is 10.6 Å². The maximum atomic E-state index is 12.4. The summed E-state index contributed by atoms with van der Waals surface area (Å²) in [5.41, 5.74) is 1.88. The second-order valence-electron chi connectivity index (χ2n) is 8.17. The van der Waals surface area contributed by atoms with Gasteiger partial charge in [0.2, 0.25) is 5.91 Å². The first-order valence-corrected chi connectivity index (χ1v) is 12.7. The van der Waals surface area contributed by atoms with Crippen molar-refractivity contribution in [2.45, 2.75) is 56.4 Å². The minimum Gasteiger partial charge on any atom is -0.353 e. The number of carbonyl (C=O) groups excluding carboxylic acids is 1. The molecule has 0 aromatic heterocycles. The van der Waals surface area contributed by atoms with Gasteiger partial charge in [-0.2, -0.15) is 0 Å². The van der Waals surface area contributed by atoms with Gasteiger partial charge in [-0.05, 0) is 36.5 Å². The van der Waals surface area contributed by atoms with Gasteiger partial charge in [-0.3, -0.25) is 9.79 Å². The van der Waals surface area contributed by atoms with Gasteiger partial charge < -0.3 is 10.6 Å². The molecule has 1 aliphatic carbocycles. The molecule has 8 heteroatoms. The molecule has 1 amide bonds. The molecule has 28 heavy (non-hydrogen) atoms. The summed E-state index contributed by atoms with van der Waals surface area (Å²) in [6.07, 6.45) is 5.13. The van der Waals surface area contributed by atoms with Crippen molar-refractivity contribution in [2.24, 2.45) is 10.9 Å². The van der Waals surface area contributed by atoms with E-state index in [1.165, 1.54) is 31.0 Å². The predicted octanol–water partition coefficient (Wildman–Crippen LogP) is 2.60. The molecule has 4 atom stereocenters. The molecule has 2 aliphatic heterocycles. The zero-order valence-electron chi connectivity index (χ0n) is 16.1. The minimum atomic E-state index is -2.93. The Labute approximate surface area is 170 Å². The van der Waals surface area contributed by atoms with E-state index in [2.05, 4.69) is 22.5 Å². The topological polar surface area (TPSA) is 87.6 Å². The molecule has 6 nitrogen and oxygen atoms in total. The third kappa shape index (κ3) is 4.71. The summed E-state index contributed by atoms with van der Waals surface area (Å²) in [6, 6.07) is 7.99. The van der Waals surface area contributed by atoms with Crippen LogP contribution >= 0.6 is 11.8 Å². The highest BCUT2D eigenvalue weighted by molar-refractivity contribution is 8.15. The van der Waals surface area contributed by atoms with Gasteiger partial charge in [0.05, 0.1) is 24.0 Å². The van der Waals surface area contributed by atoms with Crippen molar-refractivity contribution in [3.8, 4) is 0 Å². The molecule has 0 spiro atoms. The first kappa shape index (κ1) is 19.8. The lowest BCUT2D eigenvalue weighted by Gasteiger charge is -2.29. The van der Waals surface area contributed by atoms with Crippen molar-refractivity contribution in [1.82, 2.24) is 5.32 Å². The van der Waals surface area contributed by atoms with Crippen LogP contribution in [0.25, 0.3) is 0 Å². The third-order valence-electron chi connectivity index (χ3n) is 5.85. The number of amides is 1. The predicted molar refractivity (Wildman–Crippen MR) is 115 cm³/mol. The number of carbonyl (C=O) groups is 1. The van der Waals surface area contributed by atoms with Gasteiger partial charge in [-0.1, -0.05) is 43.7 Å². The van der Waals surface area contributed by atoms with E-state index in [4.69, 9.17) is 0 Å². The van der Waals surface area contributed by atoms with E-state index in [-0.39, 0.29) is 28.7 Å². The SMILES string of the molecule is C[C@@H]1CCCC[C@@H]1NC(=O)Cc1ccc(NC2=N[C@@H]3CS(=O)(=O)C[C@H]3S2)cc1. The molecule has 1 aromatic carbocycles.